The highest BCUT2D eigenvalue weighted by molar-refractivity contribution is 5.97. The van der Waals surface area contributed by atoms with Crippen molar-refractivity contribution < 1.29 is 14.7 Å². The fraction of sp³-hybridized carbons (Fsp3) is 0.286. The summed E-state index contributed by atoms with van der Waals surface area (Å²) in [5, 5.41) is 11.4. The molecule has 0 saturated carbocycles. The van der Waals surface area contributed by atoms with Crippen LogP contribution in [0.1, 0.15) is 22.3 Å². The van der Waals surface area contributed by atoms with Crippen LogP contribution in [0.4, 0.5) is 0 Å². The lowest BCUT2D eigenvalue weighted by Crippen LogP contribution is -2.40. The molecule has 5 heteroatoms. The highest BCUT2D eigenvalue weighted by Crippen LogP contribution is 2.09. The molecule has 0 spiro atoms. The van der Waals surface area contributed by atoms with Crippen molar-refractivity contribution in [3.05, 3.63) is 35.4 Å². The Morgan fingerprint density at radius 3 is 2.68 bits per heavy atom. The number of hydrogen-bond acceptors (Lipinski definition) is 3. The molecule has 5 nitrogen and oxygen atoms in total. The minimum Gasteiger partial charge on any atom is -0.480 e. The van der Waals surface area contributed by atoms with Crippen LogP contribution in [0.5, 0.6) is 0 Å². The summed E-state index contributed by atoms with van der Waals surface area (Å²) < 4.78 is 0. The van der Waals surface area contributed by atoms with E-state index in [1.165, 1.54) is 0 Å². The van der Waals surface area contributed by atoms with Gasteiger partial charge in [0.25, 0.3) is 5.91 Å². The van der Waals surface area contributed by atoms with Crippen molar-refractivity contribution in [2.45, 2.75) is 18.9 Å². The molecular weight excluding hydrogens is 244 g/mol. The Bertz CT molecular complexity index is 506. The summed E-state index contributed by atoms with van der Waals surface area (Å²) in [6, 6.07) is 5.86. The Kier molecular flexibility index (Phi) is 5.58. The van der Waals surface area contributed by atoms with Crippen LogP contribution >= 0.6 is 0 Å². The molecule has 1 unspecified atom stereocenters. The number of carbonyl (C=O) groups excluding carboxylic acids is 1. The molecule has 0 saturated heterocycles. The molecule has 0 bridgehead atoms. The number of rotatable bonds is 6. The number of carboxylic acid groups (broad SMARTS) is 1. The summed E-state index contributed by atoms with van der Waals surface area (Å²) in [6.45, 7) is 0.414. The monoisotopic (exact) mass is 260 g/mol. The van der Waals surface area contributed by atoms with E-state index < -0.39 is 17.9 Å². The van der Waals surface area contributed by atoms with Gasteiger partial charge in [-0.2, -0.15) is 0 Å². The van der Waals surface area contributed by atoms with Crippen LogP contribution in [0.25, 0.3) is 0 Å². The maximum Gasteiger partial charge on any atom is 0.327 e. The average molecular weight is 260 g/mol. The van der Waals surface area contributed by atoms with Crippen molar-refractivity contribution in [1.29, 1.82) is 0 Å². The molecular formula is C14H16N2O3. The molecule has 0 heterocycles. The topological polar surface area (TPSA) is 92.4 Å². The third kappa shape index (κ3) is 4.12. The number of aliphatic carboxylic acids is 1. The molecule has 1 aromatic rings. The van der Waals surface area contributed by atoms with E-state index in [0.29, 0.717) is 18.5 Å². The SMILES string of the molecule is C#CCC(NC(=O)c1ccccc1CCN)C(=O)O. The summed E-state index contributed by atoms with van der Waals surface area (Å²) >= 11 is 0. The first kappa shape index (κ1) is 14.7. The fourth-order valence-electron chi connectivity index (χ4n) is 1.67. The zero-order valence-corrected chi connectivity index (χ0v) is 10.4. The summed E-state index contributed by atoms with van der Waals surface area (Å²) in [5.74, 6) is 0.628. The number of nitrogens with one attached hydrogen (secondary N) is 1. The molecule has 0 aromatic heterocycles. The zero-order valence-electron chi connectivity index (χ0n) is 10.4. The first-order valence-corrected chi connectivity index (χ1v) is 5.85. The first-order valence-electron chi connectivity index (χ1n) is 5.85. The third-order valence-electron chi connectivity index (χ3n) is 2.60. The van der Waals surface area contributed by atoms with Crippen molar-refractivity contribution in [2.24, 2.45) is 5.73 Å². The van der Waals surface area contributed by atoms with Crippen molar-refractivity contribution in [1.82, 2.24) is 5.32 Å². The van der Waals surface area contributed by atoms with E-state index in [9.17, 15) is 9.59 Å². The van der Waals surface area contributed by atoms with Gasteiger partial charge in [-0.25, -0.2) is 4.79 Å². The molecule has 0 aliphatic rings. The standard InChI is InChI=1S/C14H16N2O3/c1-2-5-12(14(18)19)16-13(17)11-7-4-3-6-10(11)8-9-15/h1,3-4,6-7,12H,5,8-9,15H2,(H,16,17)(H,18,19). The van der Waals surface area contributed by atoms with Gasteiger partial charge in [-0.05, 0) is 24.6 Å². The van der Waals surface area contributed by atoms with Crippen molar-refractivity contribution in [2.75, 3.05) is 6.54 Å². The largest absolute Gasteiger partial charge is 0.480 e. The summed E-state index contributed by atoms with van der Waals surface area (Å²) in [7, 11) is 0. The van der Waals surface area contributed by atoms with Gasteiger partial charge in [0.1, 0.15) is 6.04 Å². The van der Waals surface area contributed by atoms with Gasteiger partial charge in [0, 0.05) is 12.0 Å². The van der Waals surface area contributed by atoms with E-state index in [0.717, 1.165) is 5.56 Å². The van der Waals surface area contributed by atoms with Crippen LogP contribution in [0.2, 0.25) is 0 Å². The van der Waals surface area contributed by atoms with E-state index in [4.69, 9.17) is 17.3 Å². The number of carboxylic acids is 1. The molecule has 0 radical (unpaired) electrons. The Hall–Kier alpha value is -2.32. The molecule has 1 amide bonds. The lowest BCUT2D eigenvalue weighted by atomic mass is 10.0. The number of nitrogens with two attached hydrogens (primary N) is 1. The highest BCUT2D eigenvalue weighted by atomic mass is 16.4. The summed E-state index contributed by atoms with van der Waals surface area (Å²) in [5.41, 5.74) is 6.69. The van der Waals surface area contributed by atoms with Crippen LogP contribution < -0.4 is 11.1 Å². The lowest BCUT2D eigenvalue weighted by Gasteiger charge is -2.13. The van der Waals surface area contributed by atoms with Crippen LogP contribution in [-0.4, -0.2) is 29.6 Å². The van der Waals surface area contributed by atoms with Gasteiger partial charge in [0.2, 0.25) is 0 Å². The maximum atomic E-state index is 12.0. The second kappa shape index (κ2) is 7.19. The fourth-order valence-corrected chi connectivity index (χ4v) is 1.67. The number of carbonyl (C=O) groups is 2. The van der Waals surface area contributed by atoms with Crippen LogP contribution in [-0.2, 0) is 11.2 Å². The smallest absolute Gasteiger partial charge is 0.327 e. The average Bonchev–Trinajstić information content (AvgIpc) is 2.39. The van der Waals surface area contributed by atoms with Gasteiger partial charge < -0.3 is 16.2 Å². The Morgan fingerprint density at radius 2 is 2.11 bits per heavy atom. The molecule has 0 aliphatic carbocycles. The second-order valence-electron chi connectivity index (χ2n) is 3.97. The zero-order chi connectivity index (χ0) is 14.3. The molecule has 19 heavy (non-hydrogen) atoms. The van der Waals surface area contributed by atoms with Gasteiger partial charge in [-0.15, -0.1) is 12.3 Å². The van der Waals surface area contributed by atoms with Gasteiger partial charge >= 0.3 is 5.97 Å². The molecule has 1 rings (SSSR count). The first-order chi connectivity index (χ1) is 9.10. The maximum absolute atomic E-state index is 12.0. The van der Waals surface area contributed by atoms with E-state index in [-0.39, 0.29) is 6.42 Å². The van der Waals surface area contributed by atoms with Crippen molar-refractivity contribution in [3.63, 3.8) is 0 Å². The van der Waals surface area contributed by atoms with Crippen LogP contribution in [0, 0.1) is 12.3 Å². The van der Waals surface area contributed by atoms with Gasteiger partial charge in [-0.1, -0.05) is 18.2 Å². The Labute approximate surface area is 111 Å². The van der Waals surface area contributed by atoms with E-state index in [1.807, 2.05) is 0 Å². The molecule has 1 atom stereocenters. The van der Waals surface area contributed by atoms with Crippen LogP contribution in [0.15, 0.2) is 24.3 Å². The quantitative estimate of drug-likeness (QED) is 0.645. The summed E-state index contributed by atoms with van der Waals surface area (Å²) in [4.78, 5) is 23.0. The second-order valence-corrected chi connectivity index (χ2v) is 3.97. The predicted octanol–water partition coefficient (Wildman–Crippen LogP) is 0.394. The normalized spacial score (nSPS) is 11.4. The lowest BCUT2D eigenvalue weighted by molar-refractivity contribution is -0.139. The molecule has 4 N–H and O–H groups in total. The highest BCUT2D eigenvalue weighted by Gasteiger charge is 2.20. The minimum atomic E-state index is -1.15. The molecule has 100 valence electrons. The Balaban J connectivity index is 2.88. The summed E-state index contributed by atoms with van der Waals surface area (Å²) in [6.07, 6.45) is 5.57. The van der Waals surface area contributed by atoms with E-state index >= 15 is 0 Å². The Morgan fingerprint density at radius 1 is 1.42 bits per heavy atom. The van der Waals surface area contributed by atoms with Gasteiger partial charge in [-0.3, -0.25) is 4.79 Å². The van der Waals surface area contributed by atoms with Crippen molar-refractivity contribution in [3.8, 4) is 12.3 Å². The van der Waals surface area contributed by atoms with Gasteiger partial charge in [0.05, 0.1) is 0 Å². The number of benzene rings is 1. The van der Waals surface area contributed by atoms with Gasteiger partial charge in [0.15, 0.2) is 0 Å². The number of amides is 1. The predicted molar refractivity (Wildman–Crippen MR) is 71.5 cm³/mol. The number of terminal acetylenes is 1. The minimum absolute atomic E-state index is 0.0554. The molecule has 1 aromatic carbocycles. The van der Waals surface area contributed by atoms with E-state index in [2.05, 4.69) is 11.2 Å². The van der Waals surface area contributed by atoms with Crippen molar-refractivity contribution >= 4 is 11.9 Å². The molecule has 0 fully saturated rings. The molecule has 0 aliphatic heterocycles. The number of hydrogen-bond donors (Lipinski definition) is 3. The van der Waals surface area contributed by atoms with E-state index in [1.54, 1.807) is 24.3 Å². The third-order valence-corrected chi connectivity index (χ3v) is 2.60. The van der Waals surface area contributed by atoms with Crippen LogP contribution in [0.3, 0.4) is 0 Å².